The molecule has 1 aliphatic rings. The van der Waals surface area contributed by atoms with E-state index in [1.54, 1.807) is 0 Å². The van der Waals surface area contributed by atoms with Gasteiger partial charge in [-0.1, -0.05) is 23.2 Å². The Balaban J connectivity index is 2.93. The summed E-state index contributed by atoms with van der Waals surface area (Å²) in [7, 11) is 0. The summed E-state index contributed by atoms with van der Waals surface area (Å²) in [5.74, 6) is -4.01. The monoisotopic (exact) mass is 390 g/mol. The summed E-state index contributed by atoms with van der Waals surface area (Å²) in [6.07, 6.45) is -4.36. The van der Waals surface area contributed by atoms with Gasteiger partial charge in [-0.25, -0.2) is 19.0 Å². The number of aromatic carboxylic acids is 2. The molecule has 1 saturated carbocycles. The first-order valence-electron chi connectivity index (χ1n) is 6.29. The van der Waals surface area contributed by atoms with Gasteiger partial charge in [0.05, 0.1) is 5.69 Å². The molecule has 0 amide bonds. The largest absolute Gasteiger partial charge is 0.478 e. The molecule has 1 aliphatic carbocycles. The van der Waals surface area contributed by atoms with E-state index >= 15 is 0 Å². The van der Waals surface area contributed by atoms with Crippen LogP contribution in [0.1, 0.15) is 44.9 Å². The van der Waals surface area contributed by atoms with Gasteiger partial charge in [-0.15, -0.1) is 0 Å². The summed E-state index contributed by atoms with van der Waals surface area (Å²) in [6.45, 7) is 0. The van der Waals surface area contributed by atoms with Gasteiger partial charge in [0.15, 0.2) is 5.69 Å². The van der Waals surface area contributed by atoms with Crippen molar-refractivity contribution in [3.05, 3.63) is 22.5 Å². The number of pyridine rings is 1. The van der Waals surface area contributed by atoms with Crippen molar-refractivity contribution in [3.8, 4) is 0 Å². The molecular formula is C12H8Cl2F4N2O4. The number of nitrogens with one attached hydrogen (secondary N) is 1. The zero-order valence-electron chi connectivity index (χ0n) is 11.4. The summed E-state index contributed by atoms with van der Waals surface area (Å²) < 4.78 is 49.7. The summed E-state index contributed by atoms with van der Waals surface area (Å²) in [5, 5.41) is 20.7. The molecule has 0 aromatic carbocycles. The van der Waals surface area contributed by atoms with Crippen LogP contribution in [0.3, 0.4) is 0 Å². The van der Waals surface area contributed by atoms with Crippen molar-refractivity contribution >= 4 is 40.8 Å². The number of hydrogen-bond donors (Lipinski definition) is 3. The summed E-state index contributed by atoms with van der Waals surface area (Å²) >= 11 is 10.2. The zero-order valence-corrected chi connectivity index (χ0v) is 12.9. The van der Waals surface area contributed by atoms with Gasteiger partial charge in [0, 0.05) is 6.04 Å². The predicted molar refractivity (Wildman–Crippen MR) is 74.3 cm³/mol. The van der Waals surface area contributed by atoms with Crippen molar-refractivity contribution in [2.75, 3.05) is 5.32 Å². The van der Waals surface area contributed by atoms with Crippen LogP contribution in [0.4, 0.5) is 23.2 Å². The topological polar surface area (TPSA) is 99.5 Å². The van der Waals surface area contributed by atoms with Crippen LogP contribution in [-0.2, 0) is 10.8 Å². The molecule has 0 radical (unpaired) electrons. The maximum atomic E-state index is 13.8. The highest BCUT2D eigenvalue weighted by atomic mass is 35.5. The van der Waals surface area contributed by atoms with Crippen molar-refractivity contribution in [1.82, 2.24) is 4.98 Å². The lowest BCUT2D eigenvalue weighted by Gasteiger charge is -2.21. The van der Waals surface area contributed by atoms with E-state index in [1.165, 1.54) is 0 Å². The molecule has 132 valence electrons. The van der Waals surface area contributed by atoms with E-state index in [1.807, 2.05) is 0 Å². The van der Waals surface area contributed by atoms with Crippen LogP contribution in [0.15, 0.2) is 0 Å². The lowest BCUT2D eigenvalue weighted by molar-refractivity contribution is -0.141. The first kappa shape index (κ1) is 18.5. The van der Waals surface area contributed by atoms with Crippen LogP contribution in [0, 0.1) is 0 Å². The molecule has 0 aliphatic heterocycles. The number of hydrogen-bond acceptors (Lipinski definition) is 4. The molecule has 1 aromatic heterocycles. The molecule has 1 aromatic rings. The van der Waals surface area contributed by atoms with E-state index in [-0.39, 0.29) is 0 Å². The molecule has 1 heterocycles. The molecule has 12 heteroatoms. The SMILES string of the molecule is O=C(O)c1c(C(F)(F)F)nc(C(F)(Cl)Cl)c(C(=O)O)c1NC1CC1. The lowest BCUT2D eigenvalue weighted by Crippen LogP contribution is -2.26. The Morgan fingerprint density at radius 3 is 1.83 bits per heavy atom. The van der Waals surface area contributed by atoms with E-state index in [0.717, 1.165) is 0 Å². The normalized spacial score (nSPS) is 15.2. The van der Waals surface area contributed by atoms with Crippen molar-refractivity contribution in [3.63, 3.8) is 0 Å². The highest BCUT2D eigenvalue weighted by Crippen LogP contribution is 2.44. The molecule has 6 nitrogen and oxygen atoms in total. The van der Waals surface area contributed by atoms with Crippen molar-refractivity contribution < 1.29 is 37.4 Å². The minimum absolute atomic E-state index is 0.447. The Labute approximate surface area is 141 Å². The maximum absolute atomic E-state index is 13.8. The van der Waals surface area contributed by atoms with Crippen LogP contribution in [0.2, 0.25) is 0 Å². The number of nitrogens with zero attached hydrogens (tertiary/aromatic N) is 1. The Bertz CT molecular complexity index is 664. The van der Waals surface area contributed by atoms with Gasteiger partial charge >= 0.3 is 22.7 Å². The number of anilines is 1. The Morgan fingerprint density at radius 1 is 1.04 bits per heavy atom. The maximum Gasteiger partial charge on any atom is 0.434 e. The van der Waals surface area contributed by atoms with Crippen molar-refractivity contribution in [1.29, 1.82) is 0 Å². The number of carbonyl (C=O) groups is 2. The minimum Gasteiger partial charge on any atom is -0.478 e. The molecule has 0 bridgehead atoms. The van der Waals surface area contributed by atoms with Gasteiger partial charge in [-0.05, 0) is 12.8 Å². The Hall–Kier alpha value is -1.81. The lowest BCUT2D eigenvalue weighted by atomic mass is 10.0. The Morgan fingerprint density at radius 2 is 1.50 bits per heavy atom. The van der Waals surface area contributed by atoms with Gasteiger partial charge in [0.2, 0.25) is 0 Å². The fourth-order valence-corrected chi connectivity index (χ4v) is 2.26. The highest BCUT2D eigenvalue weighted by Gasteiger charge is 2.46. The predicted octanol–water partition coefficient (Wildman–Crippen LogP) is 3.63. The van der Waals surface area contributed by atoms with Gasteiger partial charge in [0.1, 0.15) is 16.8 Å². The van der Waals surface area contributed by atoms with E-state index in [9.17, 15) is 32.3 Å². The van der Waals surface area contributed by atoms with E-state index in [0.29, 0.717) is 12.8 Å². The smallest absolute Gasteiger partial charge is 0.434 e. The fourth-order valence-electron chi connectivity index (χ4n) is 1.99. The average Bonchev–Trinajstić information content (AvgIpc) is 3.18. The molecule has 0 atom stereocenters. The van der Waals surface area contributed by atoms with E-state index in [4.69, 9.17) is 28.3 Å². The van der Waals surface area contributed by atoms with Crippen molar-refractivity contribution in [2.24, 2.45) is 0 Å². The van der Waals surface area contributed by atoms with Crippen LogP contribution in [-0.4, -0.2) is 33.2 Å². The zero-order chi connectivity index (χ0) is 18.4. The van der Waals surface area contributed by atoms with Crippen LogP contribution >= 0.6 is 23.2 Å². The number of alkyl halides is 6. The van der Waals surface area contributed by atoms with Gasteiger partial charge in [0.25, 0.3) is 0 Å². The van der Waals surface area contributed by atoms with Crippen LogP contribution in [0.5, 0.6) is 0 Å². The standard InChI is InChI=1S/C12H8Cl2F4N2O4/c13-11(14,15)7-4(9(21)22)6(19-3-1-2-3)5(10(23)24)8(20-7)12(16,17)18/h3H,1-2H2,(H,19,20)(H,21,22)(H,23,24). The van der Waals surface area contributed by atoms with Gasteiger partial charge in [-0.2, -0.15) is 13.2 Å². The Kier molecular flexibility index (Phi) is 4.57. The number of carboxylic acids is 2. The second kappa shape index (κ2) is 5.92. The molecule has 0 saturated heterocycles. The molecule has 3 N–H and O–H groups in total. The quantitative estimate of drug-likeness (QED) is 0.524. The molecule has 1 fully saturated rings. The van der Waals surface area contributed by atoms with E-state index < -0.39 is 56.9 Å². The minimum atomic E-state index is -5.31. The first-order chi connectivity index (χ1) is 10.8. The molecule has 24 heavy (non-hydrogen) atoms. The molecule has 0 spiro atoms. The average molecular weight is 391 g/mol. The number of halogens is 6. The second-order valence-corrected chi connectivity index (χ2v) is 6.19. The summed E-state index contributed by atoms with van der Waals surface area (Å²) in [4.78, 5) is 25.5. The number of aromatic nitrogens is 1. The third-order valence-corrected chi connectivity index (χ3v) is 3.45. The molecule has 0 unspecified atom stereocenters. The second-order valence-electron chi connectivity index (χ2n) is 4.96. The summed E-state index contributed by atoms with van der Waals surface area (Å²) in [5.41, 5.74) is -6.98. The number of rotatable bonds is 5. The highest BCUT2D eigenvalue weighted by molar-refractivity contribution is 6.47. The van der Waals surface area contributed by atoms with Gasteiger partial charge < -0.3 is 15.5 Å². The van der Waals surface area contributed by atoms with Crippen LogP contribution in [0.25, 0.3) is 0 Å². The molecular weight excluding hydrogens is 383 g/mol. The molecule has 2 rings (SSSR count). The van der Waals surface area contributed by atoms with Crippen molar-refractivity contribution in [2.45, 2.75) is 29.6 Å². The summed E-state index contributed by atoms with van der Waals surface area (Å²) in [6, 6.07) is -0.447. The first-order valence-corrected chi connectivity index (χ1v) is 7.05. The third-order valence-electron chi connectivity index (χ3n) is 3.09. The third kappa shape index (κ3) is 3.64. The van der Waals surface area contributed by atoms with E-state index in [2.05, 4.69) is 10.3 Å². The number of carboxylic acid groups (broad SMARTS) is 2. The van der Waals surface area contributed by atoms with Crippen LogP contribution < -0.4 is 5.32 Å². The van der Waals surface area contributed by atoms with Gasteiger partial charge in [-0.3, -0.25) is 0 Å². The fraction of sp³-hybridized carbons (Fsp3) is 0.417.